The first-order chi connectivity index (χ1) is 14.4. The molecule has 3 aromatic carbocycles. The van der Waals surface area contributed by atoms with E-state index in [2.05, 4.69) is 0 Å². The molecule has 0 atom stereocenters. The van der Waals surface area contributed by atoms with E-state index in [1.165, 1.54) is 75.4 Å². The van der Waals surface area contributed by atoms with E-state index in [9.17, 15) is 25.3 Å². The maximum absolute atomic E-state index is 13.7. The summed E-state index contributed by atoms with van der Waals surface area (Å²) in [6, 6.07) is 17.3. The van der Waals surface area contributed by atoms with Gasteiger partial charge in [0, 0.05) is 0 Å². The van der Waals surface area contributed by atoms with E-state index >= 15 is 0 Å². The zero-order valence-corrected chi connectivity index (χ0v) is 20.4. The number of rotatable bonds is 6. The van der Waals surface area contributed by atoms with Gasteiger partial charge in [0.05, 0.1) is 14.7 Å². The molecular formula is C21H21O6PS3. The molecule has 0 amide bonds. The highest BCUT2D eigenvalue weighted by molar-refractivity contribution is 9.06. The summed E-state index contributed by atoms with van der Waals surface area (Å²) in [7, 11) is -14.4. The van der Waals surface area contributed by atoms with Crippen molar-refractivity contribution < 1.29 is 25.3 Å². The Balaban J connectivity index is 2.43. The van der Waals surface area contributed by atoms with Crippen LogP contribution < -0.4 is 0 Å². The van der Waals surface area contributed by atoms with Crippen molar-refractivity contribution in [1.82, 2.24) is 0 Å². The van der Waals surface area contributed by atoms with Crippen LogP contribution in [0.1, 0.15) is 16.7 Å². The number of aryl methyl sites for hydroxylation is 3. The Bertz CT molecular complexity index is 1280. The predicted octanol–water partition coefficient (Wildman–Crippen LogP) is 4.56. The second-order valence-corrected chi connectivity index (χ2v) is 21.3. The van der Waals surface area contributed by atoms with Gasteiger partial charge in [-0.15, -0.1) is 0 Å². The molecule has 0 aliphatic heterocycles. The van der Waals surface area contributed by atoms with Crippen LogP contribution in [0.3, 0.4) is 0 Å². The molecule has 6 nitrogen and oxygen atoms in total. The molecule has 3 rings (SSSR count). The van der Waals surface area contributed by atoms with E-state index in [1.807, 2.05) is 0 Å². The zero-order chi connectivity index (χ0) is 23.0. The summed E-state index contributed by atoms with van der Waals surface area (Å²) < 4.78 is 82.1. The molecule has 3 aromatic rings. The molecule has 0 bridgehead atoms. The Labute approximate surface area is 183 Å². The molecule has 0 saturated heterocycles. The summed E-state index contributed by atoms with van der Waals surface area (Å²) >= 11 is 0. The molecule has 164 valence electrons. The third-order valence-corrected chi connectivity index (χ3v) is 24.8. The first-order valence-electron chi connectivity index (χ1n) is 9.14. The lowest BCUT2D eigenvalue weighted by atomic mass is 10.2. The summed E-state index contributed by atoms with van der Waals surface area (Å²) in [5.41, 5.74) is -2.83. The average Bonchev–Trinajstić information content (AvgIpc) is 2.67. The third-order valence-electron chi connectivity index (χ3n) is 4.70. The lowest BCUT2D eigenvalue weighted by Crippen LogP contribution is -2.17. The van der Waals surface area contributed by atoms with Crippen LogP contribution >= 0.6 is 5.53 Å². The first kappa shape index (κ1) is 23.6. The van der Waals surface area contributed by atoms with Crippen molar-refractivity contribution in [3.05, 3.63) is 89.5 Å². The minimum atomic E-state index is -4.79. The molecule has 0 aliphatic carbocycles. The van der Waals surface area contributed by atoms with Crippen LogP contribution in [-0.2, 0) is 28.4 Å². The molecule has 0 heterocycles. The lowest BCUT2D eigenvalue weighted by molar-refractivity contribution is 0.604. The predicted molar refractivity (Wildman–Crippen MR) is 122 cm³/mol. The average molecular weight is 497 g/mol. The van der Waals surface area contributed by atoms with Gasteiger partial charge in [0.1, 0.15) is 0 Å². The van der Waals surface area contributed by atoms with Crippen LogP contribution in [0, 0.1) is 20.8 Å². The smallest absolute Gasteiger partial charge is 0.217 e. The Morgan fingerprint density at radius 2 is 0.677 bits per heavy atom. The topological polar surface area (TPSA) is 102 Å². The fraction of sp³-hybridized carbons (Fsp3) is 0.143. The Morgan fingerprint density at radius 1 is 0.452 bits per heavy atom. The van der Waals surface area contributed by atoms with Crippen molar-refractivity contribution in [1.29, 1.82) is 0 Å². The first-order valence-corrected chi connectivity index (χ1v) is 16.7. The molecule has 0 N–H and O–H groups in total. The van der Waals surface area contributed by atoms with E-state index in [0.29, 0.717) is 0 Å². The molecular weight excluding hydrogens is 475 g/mol. The third kappa shape index (κ3) is 4.20. The fourth-order valence-electron chi connectivity index (χ4n) is 3.17. The van der Waals surface area contributed by atoms with Gasteiger partial charge >= 0.3 is 0 Å². The highest BCUT2D eigenvalue weighted by Gasteiger charge is 2.52. The van der Waals surface area contributed by atoms with Crippen LogP contribution in [0.5, 0.6) is 0 Å². The van der Waals surface area contributed by atoms with Gasteiger partial charge in [0.15, 0.2) is 0 Å². The van der Waals surface area contributed by atoms with E-state index in [-0.39, 0.29) is 31.4 Å². The van der Waals surface area contributed by atoms with Crippen LogP contribution in [0.4, 0.5) is 0 Å². The maximum atomic E-state index is 13.7. The molecule has 0 aromatic heterocycles. The molecule has 0 spiro atoms. The van der Waals surface area contributed by atoms with Crippen molar-refractivity contribution in [2.24, 2.45) is 0 Å². The Hall–Kier alpha value is -2.06. The van der Waals surface area contributed by atoms with Gasteiger partial charge in [-0.1, -0.05) is 54.6 Å². The van der Waals surface area contributed by atoms with Crippen LogP contribution in [0.15, 0.2) is 87.5 Å². The monoisotopic (exact) mass is 496 g/mol. The van der Waals surface area contributed by atoms with E-state index < -0.39 is 33.9 Å². The second-order valence-electron chi connectivity index (χ2n) is 6.95. The molecule has 10 heteroatoms. The zero-order valence-electron chi connectivity index (χ0n) is 17.0. The van der Waals surface area contributed by atoms with Crippen LogP contribution in [0.25, 0.3) is 0 Å². The highest BCUT2D eigenvalue weighted by Crippen LogP contribution is 2.63. The van der Waals surface area contributed by atoms with E-state index in [4.69, 9.17) is 0 Å². The summed E-state index contributed by atoms with van der Waals surface area (Å²) in [6.45, 7) is 4.50. The van der Waals surface area contributed by atoms with Gasteiger partial charge < -0.3 is 0 Å². The number of hydrogen-bond acceptors (Lipinski definition) is 6. The standard InChI is InChI=1S/C21H21O6PS3/c1-16-10-4-7-13-19(16)29(22,23)28(30(24,25)20-14-8-5-11-17(20)2)31(26,27)21-15-9-6-12-18(21)3/h4-15H,1-3H3. The fourth-order valence-corrected chi connectivity index (χ4v) is 23.5. The normalized spacial score (nSPS) is 12.8. The quantitative estimate of drug-likeness (QED) is 0.464. The minimum Gasteiger partial charge on any atom is -0.217 e. The summed E-state index contributed by atoms with van der Waals surface area (Å²) in [4.78, 5) is -0.929. The van der Waals surface area contributed by atoms with Gasteiger partial charge in [-0.25, -0.2) is 25.3 Å². The molecule has 0 unspecified atom stereocenters. The molecule has 0 radical (unpaired) electrons. The Morgan fingerprint density at radius 3 is 0.903 bits per heavy atom. The maximum Gasteiger partial charge on any atom is 0.279 e. The van der Waals surface area contributed by atoms with Crippen LogP contribution in [-0.4, -0.2) is 25.3 Å². The van der Waals surface area contributed by atoms with Crippen molar-refractivity contribution in [2.45, 2.75) is 35.5 Å². The summed E-state index contributed by atoms with van der Waals surface area (Å²) in [6.07, 6.45) is 0. The summed E-state index contributed by atoms with van der Waals surface area (Å²) in [5, 5.41) is 0. The van der Waals surface area contributed by atoms with Crippen molar-refractivity contribution in [2.75, 3.05) is 0 Å². The van der Waals surface area contributed by atoms with Crippen molar-refractivity contribution in [3.63, 3.8) is 0 Å². The molecule has 0 saturated carbocycles. The minimum absolute atomic E-state index is 0.273. The van der Waals surface area contributed by atoms with Crippen LogP contribution in [0.2, 0.25) is 0 Å². The van der Waals surface area contributed by atoms with Crippen molar-refractivity contribution >= 4 is 33.9 Å². The number of benzene rings is 3. The largest absolute Gasteiger partial charge is 0.279 e. The lowest BCUT2D eigenvalue weighted by Gasteiger charge is -2.21. The molecule has 0 fully saturated rings. The molecule has 31 heavy (non-hydrogen) atoms. The summed E-state index contributed by atoms with van der Waals surface area (Å²) in [5.74, 6) is 0. The van der Waals surface area contributed by atoms with Gasteiger partial charge in [0.2, 0.25) is 28.4 Å². The van der Waals surface area contributed by atoms with Gasteiger partial charge in [-0.05, 0) is 55.7 Å². The van der Waals surface area contributed by atoms with Gasteiger partial charge in [0.25, 0.3) is 5.53 Å². The van der Waals surface area contributed by atoms with Gasteiger partial charge in [-0.3, -0.25) is 0 Å². The van der Waals surface area contributed by atoms with E-state index in [1.54, 1.807) is 18.2 Å². The second kappa shape index (κ2) is 8.47. The Kier molecular flexibility index (Phi) is 6.45. The highest BCUT2D eigenvalue weighted by atomic mass is 33.4. The molecule has 0 aliphatic rings. The SMILES string of the molecule is Cc1ccccc1S(=O)(=O)P(S(=O)(=O)c1ccccc1C)S(=O)(=O)c1ccccc1C. The number of hydrogen-bond donors (Lipinski definition) is 0. The van der Waals surface area contributed by atoms with Crippen molar-refractivity contribution in [3.8, 4) is 0 Å². The van der Waals surface area contributed by atoms with E-state index in [0.717, 1.165) is 0 Å². The van der Waals surface area contributed by atoms with Gasteiger partial charge in [-0.2, -0.15) is 0 Å².